The standard InChI is InChI=1S/C20H27N3O4/c1-4-26-12-6-11-21-20(25)16-7-5-8-17(13-16)22-19(24)10-9-18-14(2)23-27-15(18)3/h5,7-8,13H,4,6,9-12H2,1-3H3,(H,21,25)(H,22,24). The van der Waals surface area contributed by atoms with Gasteiger partial charge >= 0.3 is 0 Å². The van der Waals surface area contributed by atoms with Crippen LogP contribution in [0.5, 0.6) is 0 Å². The summed E-state index contributed by atoms with van der Waals surface area (Å²) in [4.78, 5) is 24.4. The topological polar surface area (TPSA) is 93.5 Å². The van der Waals surface area contributed by atoms with Gasteiger partial charge in [0, 0.05) is 43.0 Å². The summed E-state index contributed by atoms with van der Waals surface area (Å²) in [5.74, 6) is 0.450. The van der Waals surface area contributed by atoms with E-state index in [1.54, 1.807) is 24.3 Å². The summed E-state index contributed by atoms with van der Waals surface area (Å²) in [6, 6.07) is 6.90. The van der Waals surface area contributed by atoms with Crippen molar-refractivity contribution >= 4 is 17.5 Å². The smallest absolute Gasteiger partial charge is 0.251 e. The molecular formula is C20H27N3O4. The van der Waals surface area contributed by atoms with Crippen LogP contribution in [0.2, 0.25) is 0 Å². The Bertz CT molecular complexity index is 751. The summed E-state index contributed by atoms with van der Waals surface area (Å²) in [7, 11) is 0. The predicted molar refractivity (Wildman–Crippen MR) is 103 cm³/mol. The van der Waals surface area contributed by atoms with Gasteiger partial charge in [-0.25, -0.2) is 0 Å². The van der Waals surface area contributed by atoms with E-state index in [0.29, 0.717) is 43.9 Å². The van der Waals surface area contributed by atoms with E-state index in [0.717, 1.165) is 23.4 Å². The number of anilines is 1. The van der Waals surface area contributed by atoms with E-state index in [1.807, 2.05) is 20.8 Å². The van der Waals surface area contributed by atoms with Gasteiger partial charge in [0.1, 0.15) is 5.76 Å². The van der Waals surface area contributed by atoms with Crippen LogP contribution < -0.4 is 10.6 Å². The lowest BCUT2D eigenvalue weighted by Crippen LogP contribution is -2.25. The number of nitrogens with one attached hydrogen (secondary N) is 2. The van der Waals surface area contributed by atoms with Crippen molar-refractivity contribution in [3.63, 3.8) is 0 Å². The summed E-state index contributed by atoms with van der Waals surface area (Å²) in [5.41, 5.74) is 2.88. The molecule has 7 heteroatoms. The van der Waals surface area contributed by atoms with Gasteiger partial charge in [0.15, 0.2) is 0 Å². The van der Waals surface area contributed by atoms with E-state index >= 15 is 0 Å². The van der Waals surface area contributed by atoms with E-state index in [9.17, 15) is 9.59 Å². The lowest BCUT2D eigenvalue weighted by molar-refractivity contribution is -0.116. The van der Waals surface area contributed by atoms with Crippen molar-refractivity contribution in [2.45, 2.75) is 40.0 Å². The first-order valence-electron chi connectivity index (χ1n) is 9.19. The van der Waals surface area contributed by atoms with Gasteiger partial charge in [0.25, 0.3) is 5.91 Å². The van der Waals surface area contributed by atoms with E-state index in [2.05, 4.69) is 15.8 Å². The number of rotatable bonds is 10. The highest BCUT2D eigenvalue weighted by Crippen LogP contribution is 2.16. The Hall–Kier alpha value is -2.67. The second-order valence-corrected chi connectivity index (χ2v) is 6.24. The molecule has 0 saturated heterocycles. The van der Waals surface area contributed by atoms with Crippen molar-refractivity contribution in [1.29, 1.82) is 0 Å². The Morgan fingerprint density at radius 2 is 2.07 bits per heavy atom. The molecule has 0 aliphatic heterocycles. The highest BCUT2D eigenvalue weighted by atomic mass is 16.5. The molecule has 0 aliphatic carbocycles. The monoisotopic (exact) mass is 373 g/mol. The molecule has 2 rings (SSSR count). The lowest BCUT2D eigenvalue weighted by Gasteiger charge is -2.09. The van der Waals surface area contributed by atoms with Crippen LogP contribution in [0, 0.1) is 13.8 Å². The maximum atomic E-state index is 12.2. The number of aromatic nitrogens is 1. The molecule has 0 atom stereocenters. The molecule has 1 aromatic heterocycles. The van der Waals surface area contributed by atoms with Crippen molar-refractivity contribution < 1.29 is 18.8 Å². The third-order valence-electron chi connectivity index (χ3n) is 4.15. The Balaban J connectivity index is 1.83. The number of aryl methyl sites for hydroxylation is 2. The van der Waals surface area contributed by atoms with Gasteiger partial charge < -0.3 is 19.9 Å². The zero-order chi connectivity index (χ0) is 19.6. The van der Waals surface area contributed by atoms with Crippen molar-refractivity contribution in [3.05, 3.63) is 46.8 Å². The number of carbonyl (C=O) groups is 2. The first-order valence-corrected chi connectivity index (χ1v) is 9.19. The van der Waals surface area contributed by atoms with E-state index < -0.39 is 0 Å². The molecule has 1 aromatic carbocycles. The highest BCUT2D eigenvalue weighted by Gasteiger charge is 2.12. The molecule has 2 amide bonds. The average molecular weight is 373 g/mol. The highest BCUT2D eigenvalue weighted by molar-refractivity contribution is 5.97. The van der Waals surface area contributed by atoms with Crippen LogP contribution in [0.25, 0.3) is 0 Å². The number of carbonyl (C=O) groups excluding carboxylic acids is 2. The maximum absolute atomic E-state index is 12.2. The molecule has 146 valence electrons. The third-order valence-corrected chi connectivity index (χ3v) is 4.15. The summed E-state index contributed by atoms with van der Waals surface area (Å²) < 4.78 is 10.3. The van der Waals surface area contributed by atoms with Gasteiger partial charge in [0.05, 0.1) is 5.69 Å². The van der Waals surface area contributed by atoms with Crippen LogP contribution in [-0.4, -0.2) is 36.7 Å². The van der Waals surface area contributed by atoms with Gasteiger partial charge in [-0.3, -0.25) is 9.59 Å². The normalized spacial score (nSPS) is 10.6. The van der Waals surface area contributed by atoms with Crippen molar-refractivity contribution in [3.8, 4) is 0 Å². The predicted octanol–water partition coefficient (Wildman–Crippen LogP) is 3.02. The number of hydrogen-bond donors (Lipinski definition) is 2. The molecule has 2 N–H and O–H groups in total. The fraction of sp³-hybridized carbons (Fsp3) is 0.450. The van der Waals surface area contributed by atoms with Crippen LogP contribution in [-0.2, 0) is 16.0 Å². The molecule has 1 heterocycles. The molecule has 2 aromatic rings. The molecule has 0 unspecified atom stereocenters. The van der Waals surface area contributed by atoms with Gasteiger partial charge in [0.2, 0.25) is 5.91 Å². The molecule has 7 nitrogen and oxygen atoms in total. The van der Waals surface area contributed by atoms with Gasteiger partial charge in [-0.2, -0.15) is 0 Å². The summed E-state index contributed by atoms with van der Waals surface area (Å²) in [6.45, 7) is 7.48. The third kappa shape index (κ3) is 6.53. The number of nitrogens with zero attached hydrogens (tertiary/aromatic N) is 1. The Morgan fingerprint density at radius 3 is 2.78 bits per heavy atom. The average Bonchev–Trinajstić information content (AvgIpc) is 2.97. The minimum absolute atomic E-state index is 0.121. The molecule has 0 bridgehead atoms. The summed E-state index contributed by atoms with van der Waals surface area (Å²) >= 11 is 0. The molecule has 0 fully saturated rings. The van der Waals surface area contributed by atoms with Crippen LogP contribution >= 0.6 is 0 Å². The van der Waals surface area contributed by atoms with Crippen LogP contribution in [0.3, 0.4) is 0 Å². The minimum atomic E-state index is -0.168. The number of ether oxygens (including phenoxy) is 1. The van der Waals surface area contributed by atoms with Crippen LogP contribution in [0.4, 0.5) is 5.69 Å². The fourth-order valence-corrected chi connectivity index (χ4v) is 2.68. The quantitative estimate of drug-likeness (QED) is 0.625. The Labute approximate surface area is 159 Å². The number of hydrogen-bond acceptors (Lipinski definition) is 5. The molecule has 0 radical (unpaired) electrons. The summed E-state index contributed by atoms with van der Waals surface area (Å²) in [5, 5.41) is 9.57. The van der Waals surface area contributed by atoms with Gasteiger partial charge in [-0.1, -0.05) is 11.2 Å². The Kier molecular flexibility index (Phi) is 8.00. The van der Waals surface area contributed by atoms with E-state index in [1.165, 1.54) is 0 Å². The maximum Gasteiger partial charge on any atom is 0.251 e. The Morgan fingerprint density at radius 1 is 1.26 bits per heavy atom. The first-order chi connectivity index (χ1) is 13.0. The van der Waals surface area contributed by atoms with Crippen LogP contribution in [0.15, 0.2) is 28.8 Å². The lowest BCUT2D eigenvalue weighted by atomic mass is 10.1. The number of amides is 2. The second kappa shape index (κ2) is 10.5. The van der Waals surface area contributed by atoms with Gasteiger partial charge in [-0.05, 0) is 51.8 Å². The zero-order valence-corrected chi connectivity index (χ0v) is 16.1. The summed E-state index contributed by atoms with van der Waals surface area (Å²) in [6.07, 6.45) is 1.64. The van der Waals surface area contributed by atoms with E-state index in [4.69, 9.17) is 9.26 Å². The minimum Gasteiger partial charge on any atom is -0.382 e. The molecular weight excluding hydrogens is 346 g/mol. The van der Waals surface area contributed by atoms with Crippen molar-refractivity contribution in [2.24, 2.45) is 0 Å². The van der Waals surface area contributed by atoms with Crippen molar-refractivity contribution in [1.82, 2.24) is 10.5 Å². The molecule has 27 heavy (non-hydrogen) atoms. The molecule has 0 aliphatic rings. The van der Waals surface area contributed by atoms with E-state index in [-0.39, 0.29) is 11.8 Å². The second-order valence-electron chi connectivity index (χ2n) is 6.24. The fourth-order valence-electron chi connectivity index (χ4n) is 2.68. The molecule has 0 saturated carbocycles. The SMILES string of the molecule is CCOCCCNC(=O)c1cccc(NC(=O)CCc2c(C)noc2C)c1. The zero-order valence-electron chi connectivity index (χ0n) is 16.1. The largest absolute Gasteiger partial charge is 0.382 e. The van der Waals surface area contributed by atoms with Crippen molar-refractivity contribution in [2.75, 3.05) is 25.1 Å². The van der Waals surface area contributed by atoms with Gasteiger partial charge in [-0.15, -0.1) is 0 Å². The number of benzene rings is 1. The first kappa shape index (κ1) is 20.6. The van der Waals surface area contributed by atoms with Crippen LogP contribution in [0.1, 0.15) is 47.1 Å². The molecule has 0 spiro atoms.